The smallest absolute Gasteiger partial charge is 0.188 e. The van der Waals surface area contributed by atoms with Crippen LogP contribution in [-0.4, -0.2) is 18.7 Å². The maximum atomic E-state index is 6.49. The van der Waals surface area contributed by atoms with Gasteiger partial charge in [-0.15, -0.1) is 29.7 Å². The third-order valence-electron chi connectivity index (χ3n) is 9.30. The molecule has 0 N–H and O–H groups in total. The summed E-state index contributed by atoms with van der Waals surface area (Å²) in [5.74, 6) is 2.10. The number of hydrogen-bond donors (Lipinski definition) is 0. The number of aromatic nitrogens is 4. The second-order valence-corrected chi connectivity index (χ2v) is 13.7. The Morgan fingerprint density at radius 2 is 1.45 bits per heavy atom. The summed E-state index contributed by atoms with van der Waals surface area (Å²) in [4.78, 5) is 4.88. The van der Waals surface area contributed by atoms with Crippen LogP contribution < -0.4 is 4.74 Å². The molecule has 0 aliphatic carbocycles. The Morgan fingerprint density at radius 1 is 0.714 bits per heavy atom. The number of rotatable bonds is 5. The van der Waals surface area contributed by atoms with Gasteiger partial charge in [-0.1, -0.05) is 62.7 Å². The number of hydrogen-bond acceptors (Lipinski definition) is 2. The molecule has 3 aromatic heterocycles. The first-order valence-corrected chi connectivity index (χ1v) is 16.4. The third-order valence-corrected chi connectivity index (χ3v) is 9.30. The van der Waals surface area contributed by atoms with E-state index in [0.29, 0.717) is 11.5 Å². The first-order chi connectivity index (χ1) is 23.2. The van der Waals surface area contributed by atoms with Crippen LogP contribution >= 0.6 is 0 Å². The van der Waals surface area contributed by atoms with Crippen molar-refractivity contribution in [3.8, 4) is 34.1 Å². The normalized spacial score (nSPS) is 11.7. The van der Waals surface area contributed by atoms with Crippen LogP contribution in [-0.2, 0) is 33.5 Å². The predicted molar refractivity (Wildman–Crippen MR) is 197 cm³/mol. The summed E-state index contributed by atoms with van der Waals surface area (Å²) in [7, 11) is 2.06. The summed E-state index contributed by atoms with van der Waals surface area (Å²) < 4.78 is 13.0. The molecule has 8 aromatic rings. The van der Waals surface area contributed by atoms with Gasteiger partial charge in [0.15, 0.2) is 17.4 Å². The molecule has 0 spiro atoms. The fourth-order valence-electron chi connectivity index (χ4n) is 6.86. The van der Waals surface area contributed by atoms with Crippen molar-refractivity contribution in [1.29, 1.82) is 0 Å². The van der Waals surface area contributed by atoms with Crippen molar-refractivity contribution in [2.24, 2.45) is 7.05 Å². The van der Waals surface area contributed by atoms with Crippen molar-refractivity contribution in [2.45, 2.75) is 40.0 Å². The molecule has 0 aliphatic heterocycles. The molecule has 0 unspecified atom stereocenters. The van der Waals surface area contributed by atoms with E-state index in [-0.39, 0.29) is 26.5 Å². The van der Waals surface area contributed by atoms with Gasteiger partial charge in [-0.25, -0.2) is 14.1 Å². The van der Waals surface area contributed by atoms with Crippen LogP contribution in [0, 0.1) is 26.0 Å². The van der Waals surface area contributed by atoms with E-state index in [1.54, 1.807) is 0 Å². The van der Waals surface area contributed by atoms with Crippen molar-refractivity contribution >= 4 is 32.8 Å². The van der Waals surface area contributed by atoms with E-state index in [4.69, 9.17) is 9.72 Å². The van der Waals surface area contributed by atoms with Gasteiger partial charge in [-0.05, 0) is 82.8 Å². The minimum atomic E-state index is -0.0209. The molecule has 5 aromatic carbocycles. The van der Waals surface area contributed by atoms with Crippen LogP contribution in [0.25, 0.3) is 55.5 Å². The van der Waals surface area contributed by atoms with Gasteiger partial charge >= 0.3 is 0 Å². The second-order valence-electron chi connectivity index (χ2n) is 13.7. The molecule has 0 amide bonds. The van der Waals surface area contributed by atoms with E-state index in [0.717, 1.165) is 44.3 Å². The van der Waals surface area contributed by atoms with Crippen LogP contribution in [0.3, 0.4) is 0 Å². The van der Waals surface area contributed by atoms with E-state index >= 15 is 0 Å². The van der Waals surface area contributed by atoms with E-state index in [9.17, 15) is 0 Å². The van der Waals surface area contributed by atoms with E-state index < -0.39 is 0 Å². The number of imidazole rings is 1. The van der Waals surface area contributed by atoms with Crippen molar-refractivity contribution in [3.05, 3.63) is 144 Å². The van der Waals surface area contributed by atoms with Crippen molar-refractivity contribution in [3.63, 3.8) is 0 Å². The number of pyridine rings is 1. The minimum absolute atomic E-state index is 0. The molecular weight excluding hydrogens is 784 g/mol. The Morgan fingerprint density at radius 3 is 2.22 bits per heavy atom. The van der Waals surface area contributed by atoms with Crippen LogP contribution in [0.4, 0.5) is 0 Å². The van der Waals surface area contributed by atoms with Crippen molar-refractivity contribution in [2.75, 3.05) is 0 Å². The average molecular weight is 821 g/mol. The number of ether oxygens (including phenoxy) is 1. The molecule has 0 saturated carbocycles. The SMILES string of the molecule is Cc1cccc(C)c1-c1ccc2c(c1)c1ccc(Oc3[c-]c(-n4[cH+]n(C)c5ccccc54)ccc3)[c-]c1n2-c1cc(C(C)(C)C)ccn1.[Pt]. The molecule has 8 rings (SSSR count). The first kappa shape index (κ1) is 32.6. The van der Waals surface area contributed by atoms with Gasteiger partial charge in [-0.3, -0.25) is 0 Å². The Bertz CT molecular complexity index is 2500. The van der Waals surface area contributed by atoms with Gasteiger partial charge in [0.1, 0.15) is 5.82 Å². The minimum Gasteiger partial charge on any atom is -0.508 e. The molecule has 0 bridgehead atoms. The first-order valence-electron chi connectivity index (χ1n) is 16.4. The summed E-state index contributed by atoms with van der Waals surface area (Å²) in [5, 5.41) is 2.24. The largest absolute Gasteiger partial charge is 0.508 e. The number of para-hydroxylation sites is 2. The van der Waals surface area contributed by atoms with Crippen LogP contribution in [0.5, 0.6) is 11.5 Å². The zero-order valence-electron chi connectivity index (χ0n) is 28.5. The van der Waals surface area contributed by atoms with E-state index in [1.807, 2.05) is 30.5 Å². The van der Waals surface area contributed by atoms with E-state index in [1.165, 1.54) is 27.8 Å². The summed E-state index contributed by atoms with van der Waals surface area (Å²) in [6, 6.07) is 43.1. The summed E-state index contributed by atoms with van der Waals surface area (Å²) in [6.45, 7) is 11.1. The van der Waals surface area contributed by atoms with Gasteiger partial charge in [0, 0.05) is 69.1 Å². The van der Waals surface area contributed by atoms with Gasteiger partial charge in [-0.2, -0.15) is 12.1 Å². The standard InChI is InChI=1S/C43H37N4O.Pt/c1-28-11-9-12-29(2)42(28)30-17-20-37-36(23-30)35-19-18-34(26-40(35)47(37)41-24-31(21-22-44-41)43(3,4)5)48-33-14-10-13-32(25-33)46-27-45(6)38-15-7-8-16-39(38)46;/h7-24,27H,1-6H3;/q-1;. The van der Waals surface area contributed by atoms with Crippen molar-refractivity contribution < 1.29 is 25.8 Å². The Kier molecular flexibility index (Phi) is 8.29. The monoisotopic (exact) mass is 820 g/mol. The summed E-state index contributed by atoms with van der Waals surface area (Å²) in [6.07, 6.45) is 3.98. The third kappa shape index (κ3) is 5.76. The fourth-order valence-corrected chi connectivity index (χ4v) is 6.86. The molecule has 49 heavy (non-hydrogen) atoms. The summed E-state index contributed by atoms with van der Waals surface area (Å²) in [5.41, 5.74) is 11.4. The zero-order valence-corrected chi connectivity index (χ0v) is 30.8. The number of fused-ring (bicyclic) bond motifs is 4. The van der Waals surface area contributed by atoms with Crippen LogP contribution in [0.1, 0.15) is 37.5 Å². The fraction of sp³-hybridized carbons (Fsp3) is 0.163. The zero-order chi connectivity index (χ0) is 33.2. The Hall–Kier alpha value is -4.99. The van der Waals surface area contributed by atoms with Gasteiger partial charge < -0.3 is 9.30 Å². The maximum Gasteiger partial charge on any atom is 0.188 e. The quantitative estimate of drug-likeness (QED) is 0.162. The molecule has 5 nitrogen and oxygen atoms in total. The topological polar surface area (TPSA) is 36.9 Å². The Balaban J connectivity index is 0.00000378. The Labute approximate surface area is 301 Å². The van der Waals surface area contributed by atoms with Crippen LogP contribution in [0.15, 0.2) is 116 Å². The molecule has 246 valence electrons. The molecule has 3 heterocycles. The average Bonchev–Trinajstić information content (AvgIpc) is 3.58. The molecule has 0 radical (unpaired) electrons. The molecule has 0 fully saturated rings. The molecule has 0 atom stereocenters. The molecular formula is C43H37N4OPt-. The number of aryl methyl sites for hydroxylation is 3. The van der Waals surface area contributed by atoms with E-state index in [2.05, 4.69) is 153 Å². The van der Waals surface area contributed by atoms with Crippen LogP contribution in [0.2, 0.25) is 0 Å². The molecule has 0 saturated heterocycles. The second kappa shape index (κ2) is 12.5. The van der Waals surface area contributed by atoms with Gasteiger partial charge in [0.2, 0.25) is 0 Å². The maximum absolute atomic E-state index is 6.49. The van der Waals surface area contributed by atoms with Gasteiger partial charge in [0.25, 0.3) is 0 Å². The van der Waals surface area contributed by atoms with Gasteiger partial charge in [0.05, 0.1) is 0 Å². The number of nitrogens with zero attached hydrogens (tertiary/aromatic N) is 4. The molecule has 0 aliphatic rings. The molecule has 6 heteroatoms. The number of benzene rings is 5. The predicted octanol–water partition coefficient (Wildman–Crippen LogP) is 10.7. The van der Waals surface area contributed by atoms with Crippen molar-refractivity contribution in [1.82, 2.24) is 18.7 Å². The summed E-state index contributed by atoms with van der Waals surface area (Å²) >= 11 is 0.